The second-order valence-electron chi connectivity index (χ2n) is 5.56. The summed E-state index contributed by atoms with van der Waals surface area (Å²) in [6, 6.07) is 3.30. The summed E-state index contributed by atoms with van der Waals surface area (Å²) in [7, 11) is 0. The van der Waals surface area contributed by atoms with Crippen molar-refractivity contribution in [2.24, 2.45) is 5.92 Å². The first-order valence-electron chi connectivity index (χ1n) is 7.44. The standard InChI is InChI=1S/C16H20F2N2O2/c1-11(21)20-8-5-12(6-9-20)16(22)19-7-4-13-10-14(17)2-3-15(13)18/h2-3,10,12H,4-9H2,1H3,(H,19,22). The molecule has 0 bridgehead atoms. The Bertz CT molecular complexity index is 555. The molecule has 0 spiro atoms. The van der Waals surface area contributed by atoms with E-state index in [0.717, 1.165) is 18.2 Å². The Kier molecular flexibility index (Phi) is 5.46. The van der Waals surface area contributed by atoms with Crippen LogP contribution in [0.2, 0.25) is 0 Å². The molecule has 1 N–H and O–H groups in total. The molecule has 0 atom stereocenters. The molecule has 1 aromatic rings. The van der Waals surface area contributed by atoms with Crippen LogP contribution in [0, 0.1) is 17.6 Å². The molecule has 0 unspecified atom stereocenters. The molecule has 1 aliphatic rings. The van der Waals surface area contributed by atoms with E-state index in [1.807, 2.05) is 0 Å². The number of amides is 2. The Morgan fingerprint density at radius 3 is 2.59 bits per heavy atom. The molecule has 1 heterocycles. The number of nitrogens with zero attached hydrogens (tertiary/aromatic N) is 1. The van der Waals surface area contributed by atoms with Gasteiger partial charge >= 0.3 is 0 Å². The van der Waals surface area contributed by atoms with E-state index in [2.05, 4.69) is 5.32 Å². The summed E-state index contributed by atoms with van der Waals surface area (Å²) in [6.45, 7) is 2.97. The van der Waals surface area contributed by atoms with Crippen molar-refractivity contribution in [1.82, 2.24) is 10.2 Å². The van der Waals surface area contributed by atoms with Gasteiger partial charge in [0.1, 0.15) is 11.6 Å². The first-order chi connectivity index (χ1) is 10.5. The highest BCUT2D eigenvalue weighted by Gasteiger charge is 2.25. The third-order valence-corrected chi connectivity index (χ3v) is 4.01. The SMILES string of the molecule is CC(=O)N1CCC(C(=O)NCCc2cc(F)ccc2F)CC1. The van der Waals surface area contributed by atoms with Crippen LogP contribution in [0.25, 0.3) is 0 Å². The summed E-state index contributed by atoms with van der Waals surface area (Å²) >= 11 is 0. The molecular formula is C16H20F2N2O2. The largest absolute Gasteiger partial charge is 0.356 e. The molecule has 0 saturated carbocycles. The molecule has 1 saturated heterocycles. The monoisotopic (exact) mass is 310 g/mol. The van der Waals surface area contributed by atoms with Crippen molar-refractivity contribution in [2.75, 3.05) is 19.6 Å². The maximum absolute atomic E-state index is 13.5. The third kappa shape index (κ3) is 4.26. The molecule has 0 aromatic heterocycles. The van der Waals surface area contributed by atoms with E-state index in [1.165, 1.54) is 6.92 Å². The predicted octanol–water partition coefficient (Wildman–Crippen LogP) is 1.88. The van der Waals surface area contributed by atoms with Gasteiger partial charge in [0, 0.05) is 32.5 Å². The molecule has 1 aliphatic heterocycles. The normalized spacial score (nSPS) is 15.7. The number of piperidine rings is 1. The van der Waals surface area contributed by atoms with E-state index in [4.69, 9.17) is 0 Å². The lowest BCUT2D eigenvalue weighted by Crippen LogP contribution is -2.42. The zero-order chi connectivity index (χ0) is 16.1. The van der Waals surface area contributed by atoms with E-state index in [0.29, 0.717) is 25.9 Å². The number of halogens is 2. The molecule has 0 aliphatic carbocycles. The second-order valence-corrected chi connectivity index (χ2v) is 5.56. The van der Waals surface area contributed by atoms with Crippen LogP contribution < -0.4 is 5.32 Å². The molecule has 22 heavy (non-hydrogen) atoms. The van der Waals surface area contributed by atoms with E-state index in [-0.39, 0.29) is 36.3 Å². The van der Waals surface area contributed by atoms with Gasteiger partial charge in [-0.3, -0.25) is 9.59 Å². The van der Waals surface area contributed by atoms with Crippen LogP contribution in [0.5, 0.6) is 0 Å². The smallest absolute Gasteiger partial charge is 0.223 e. The Morgan fingerprint density at radius 2 is 1.95 bits per heavy atom. The highest BCUT2D eigenvalue weighted by Crippen LogP contribution is 2.17. The predicted molar refractivity (Wildman–Crippen MR) is 78.0 cm³/mol. The van der Waals surface area contributed by atoms with Crippen LogP contribution in [-0.2, 0) is 16.0 Å². The average molecular weight is 310 g/mol. The molecular weight excluding hydrogens is 290 g/mol. The van der Waals surface area contributed by atoms with Gasteiger partial charge in [0.2, 0.25) is 11.8 Å². The van der Waals surface area contributed by atoms with Crippen LogP contribution in [0.1, 0.15) is 25.3 Å². The van der Waals surface area contributed by atoms with Gasteiger partial charge in [0.15, 0.2) is 0 Å². The number of hydrogen-bond donors (Lipinski definition) is 1. The maximum atomic E-state index is 13.5. The molecule has 2 amide bonds. The highest BCUT2D eigenvalue weighted by molar-refractivity contribution is 5.79. The van der Waals surface area contributed by atoms with Crippen molar-refractivity contribution in [2.45, 2.75) is 26.2 Å². The van der Waals surface area contributed by atoms with Crippen molar-refractivity contribution in [3.8, 4) is 0 Å². The fraction of sp³-hybridized carbons (Fsp3) is 0.500. The molecule has 2 rings (SSSR count). The number of benzene rings is 1. The average Bonchev–Trinajstić information content (AvgIpc) is 2.50. The van der Waals surface area contributed by atoms with E-state index >= 15 is 0 Å². The molecule has 1 aromatic carbocycles. The summed E-state index contributed by atoms with van der Waals surface area (Å²) in [6.07, 6.45) is 1.53. The van der Waals surface area contributed by atoms with Gasteiger partial charge in [-0.1, -0.05) is 0 Å². The summed E-state index contributed by atoms with van der Waals surface area (Å²) in [5, 5.41) is 2.76. The second kappa shape index (κ2) is 7.33. The van der Waals surface area contributed by atoms with Crippen LogP contribution >= 0.6 is 0 Å². The van der Waals surface area contributed by atoms with E-state index in [9.17, 15) is 18.4 Å². The van der Waals surface area contributed by atoms with E-state index in [1.54, 1.807) is 4.90 Å². The lowest BCUT2D eigenvalue weighted by molar-refractivity contribution is -0.133. The summed E-state index contributed by atoms with van der Waals surface area (Å²) in [5.41, 5.74) is 0.256. The van der Waals surface area contributed by atoms with E-state index < -0.39 is 11.6 Å². The van der Waals surface area contributed by atoms with Crippen molar-refractivity contribution < 1.29 is 18.4 Å². The Labute approximate surface area is 128 Å². The summed E-state index contributed by atoms with van der Waals surface area (Å²) in [5.74, 6) is -1.13. The number of rotatable bonds is 4. The highest BCUT2D eigenvalue weighted by atomic mass is 19.1. The van der Waals surface area contributed by atoms with Crippen LogP contribution in [-0.4, -0.2) is 36.3 Å². The number of carbonyl (C=O) groups excluding carboxylic acids is 2. The van der Waals surface area contributed by atoms with Crippen LogP contribution in [0.3, 0.4) is 0 Å². The molecule has 0 radical (unpaired) electrons. The molecule has 6 heteroatoms. The van der Waals surface area contributed by atoms with Gasteiger partial charge < -0.3 is 10.2 Å². The van der Waals surface area contributed by atoms with Crippen molar-refractivity contribution in [1.29, 1.82) is 0 Å². The van der Waals surface area contributed by atoms with Crippen LogP contribution in [0.15, 0.2) is 18.2 Å². The quantitative estimate of drug-likeness (QED) is 0.923. The lowest BCUT2D eigenvalue weighted by Gasteiger charge is -2.30. The number of nitrogens with one attached hydrogen (secondary N) is 1. The van der Waals surface area contributed by atoms with Gasteiger partial charge in [-0.15, -0.1) is 0 Å². The summed E-state index contributed by atoms with van der Waals surface area (Å²) < 4.78 is 26.5. The zero-order valence-electron chi connectivity index (χ0n) is 12.6. The van der Waals surface area contributed by atoms with Crippen molar-refractivity contribution >= 4 is 11.8 Å². The topological polar surface area (TPSA) is 49.4 Å². The van der Waals surface area contributed by atoms with Crippen molar-refractivity contribution in [3.05, 3.63) is 35.4 Å². The maximum Gasteiger partial charge on any atom is 0.223 e. The Hall–Kier alpha value is -1.98. The van der Waals surface area contributed by atoms with Gasteiger partial charge in [0.05, 0.1) is 0 Å². The summed E-state index contributed by atoms with van der Waals surface area (Å²) in [4.78, 5) is 25.0. The number of carbonyl (C=O) groups is 2. The fourth-order valence-corrected chi connectivity index (χ4v) is 2.66. The minimum atomic E-state index is -0.487. The van der Waals surface area contributed by atoms with Crippen LogP contribution in [0.4, 0.5) is 8.78 Å². The molecule has 4 nitrogen and oxygen atoms in total. The first-order valence-corrected chi connectivity index (χ1v) is 7.44. The number of likely N-dealkylation sites (tertiary alicyclic amines) is 1. The minimum Gasteiger partial charge on any atom is -0.356 e. The lowest BCUT2D eigenvalue weighted by atomic mass is 9.96. The van der Waals surface area contributed by atoms with Crippen molar-refractivity contribution in [3.63, 3.8) is 0 Å². The Morgan fingerprint density at radius 1 is 1.27 bits per heavy atom. The van der Waals surface area contributed by atoms with Gasteiger partial charge in [-0.25, -0.2) is 8.78 Å². The molecule has 120 valence electrons. The first kappa shape index (κ1) is 16.4. The van der Waals surface area contributed by atoms with Gasteiger partial charge in [0.25, 0.3) is 0 Å². The zero-order valence-corrected chi connectivity index (χ0v) is 12.6. The van der Waals surface area contributed by atoms with Gasteiger partial charge in [-0.05, 0) is 43.0 Å². The third-order valence-electron chi connectivity index (χ3n) is 4.01. The molecule has 1 fully saturated rings. The minimum absolute atomic E-state index is 0.0282. The van der Waals surface area contributed by atoms with Gasteiger partial charge in [-0.2, -0.15) is 0 Å². The number of hydrogen-bond acceptors (Lipinski definition) is 2. The Balaban J connectivity index is 1.76. The fourth-order valence-electron chi connectivity index (χ4n) is 2.66.